The zero-order valence-electron chi connectivity index (χ0n) is 17.6. The third-order valence-electron chi connectivity index (χ3n) is 9.17. The van der Waals surface area contributed by atoms with Crippen LogP contribution < -0.4 is 0 Å². The minimum absolute atomic E-state index is 0.686. The van der Waals surface area contributed by atoms with E-state index in [1.54, 1.807) is 25.7 Å². The summed E-state index contributed by atoms with van der Waals surface area (Å²) in [4.78, 5) is 0. The van der Waals surface area contributed by atoms with Crippen LogP contribution in [0.3, 0.4) is 0 Å². The summed E-state index contributed by atoms with van der Waals surface area (Å²) in [5.41, 5.74) is 0. The van der Waals surface area contributed by atoms with Crippen molar-refractivity contribution in [2.75, 3.05) is 0 Å². The van der Waals surface area contributed by atoms with Gasteiger partial charge in [-0.2, -0.15) is 0 Å². The fraction of sp³-hybridized carbons (Fsp3) is 1.00. The first-order chi connectivity index (χ1) is 13.3. The summed E-state index contributed by atoms with van der Waals surface area (Å²) in [7, 11) is 0. The molecule has 27 heavy (non-hydrogen) atoms. The van der Waals surface area contributed by atoms with Crippen LogP contribution in [0.2, 0.25) is 0 Å². The van der Waals surface area contributed by atoms with Gasteiger partial charge in [-0.25, -0.2) is 0 Å². The predicted molar refractivity (Wildman–Crippen MR) is 110 cm³/mol. The highest BCUT2D eigenvalue weighted by molar-refractivity contribution is 4.95. The van der Waals surface area contributed by atoms with Crippen LogP contribution in [0, 0.1) is 29.6 Å². The second-order valence-corrected chi connectivity index (χ2v) is 11.0. The first-order valence-corrected chi connectivity index (χ1v) is 12.6. The molecule has 6 rings (SSSR count). The van der Waals surface area contributed by atoms with Crippen molar-refractivity contribution < 1.29 is 9.47 Å². The Hall–Kier alpha value is -0.0800. The smallest absolute Gasteiger partial charge is 0.0844 e. The number of hydrogen-bond acceptors (Lipinski definition) is 2. The van der Waals surface area contributed by atoms with E-state index in [0.29, 0.717) is 24.4 Å². The van der Waals surface area contributed by atoms with Gasteiger partial charge in [0.05, 0.1) is 24.4 Å². The number of epoxide rings is 2. The summed E-state index contributed by atoms with van der Waals surface area (Å²) in [5, 5.41) is 0. The quantitative estimate of drug-likeness (QED) is 0.514. The highest BCUT2D eigenvalue weighted by atomic mass is 16.6. The zero-order chi connectivity index (χ0) is 18.2. The van der Waals surface area contributed by atoms with Gasteiger partial charge in [-0.15, -0.1) is 0 Å². The van der Waals surface area contributed by atoms with Crippen LogP contribution in [0.25, 0.3) is 0 Å². The summed E-state index contributed by atoms with van der Waals surface area (Å²) >= 11 is 0. The SMILES string of the molecule is C1CCC2OC2C1.CC1CCC(C2CCC(C3CCC4OC4C3)CC2)CC1. The number of ether oxygens (including phenoxy) is 2. The molecular formula is C25H42O2. The van der Waals surface area contributed by atoms with Crippen LogP contribution in [0.4, 0.5) is 0 Å². The molecule has 5 atom stereocenters. The topological polar surface area (TPSA) is 25.1 Å². The summed E-state index contributed by atoms with van der Waals surface area (Å²) < 4.78 is 11.0. The average Bonchev–Trinajstić information content (AvgIpc) is 3.62. The van der Waals surface area contributed by atoms with Crippen LogP contribution in [0.1, 0.15) is 103 Å². The molecule has 0 aromatic heterocycles. The van der Waals surface area contributed by atoms with Crippen molar-refractivity contribution in [1.29, 1.82) is 0 Å². The first-order valence-electron chi connectivity index (χ1n) is 12.6. The van der Waals surface area contributed by atoms with E-state index in [2.05, 4.69) is 6.92 Å². The van der Waals surface area contributed by atoms with Gasteiger partial charge in [-0.05, 0) is 100 Å². The van der Waals surface area contributed by atoms with Crippen LogP contribution >= 0.6 is 0 Å². The van der Waals surface area contributed by atoms with Crippen molar-refractivity contribution in [2.45, 2.75) is 128 Å². The van der Waals surface area contributed by atoms with Crippen molar-refractivity contribution in [3.05, 3.63) is 0 Å². The second kappa shape index (κ2) is 8.34. The van der Waals surface area contributed by atoms with Crippen molar-refractivity contribution in [2.24, 2.45) is 29.6 Å². The van der Waals surface area contributed by atoms with Gasteiger partial charge < -0.3 is 9.47 Å². The van der Waals surface area contributed by atoms with E-state index in [4.69, 9.17) is 9.47 Å². The molecule has 4 saturated carbocycles. The number of rotatable bonds is 2. The molecule has 2 nitrogen and oxygen atoms in total. The highest BCUT2D eigenvalue weighted by Gasteiger charge is 2.46. The van der Waals surface area contributed by atoms with E-state index < -0.39 is 0 Å². The minimum Gasteiger partial charge on any atom is -0.370 e. The van der Waals surface area contributed by atoms with E-state index >= 15 is 0 Å². The maximum atomic E-state index is 5.73. The van der Waals surface area contributed by atoms with E-state index in [1.165, 1.54) is 70.6 Å². The van der Waals surface area contributed by atoms with Gasteiger partial charge in [0.1, 0.15) is 0 Å². The standard InChI is InChI=1S/C19H32O.C6H10O/c1-13-2-4-14(5-3-13)15-6-8-16(9-7-15)17-10-11-18-19(12-17)20-18;1-2-4-6-5(3-1)7-6/h13-19H,2-12H2,1H3;5-6H,1-4H2. The molecule has 0 N–H and O–H groups in total. The van der Waals surface area contributed by atoms with E-state index in [9.17, 15) is 0 Å². The van der Waals surface area contributed by atoms with Crippen molar-refractivity contribution in [3.63, 3.8) is 0 Å². The Labute approximate surface area is 167 Å². The normalized spacial score (nSPS) is 51.2. The lowest BCUT2D eigenvalue weighted by Gasteiger charge is -2.40. The molecule has 0 radical (unpaired) electrons. The Bertz CT molecular complexity index is 465. The molecule has 2 aliphatic heterocycles. The summed E-state index contributed by atoms with van der Waals surface area (Å²) in [6.45, 7) is 2.45. The van der Waals surface area contributed by atoms with Crippen LogP contribution in [0.15, 0.2) is 0 Å². The molecule has 2 saturated heterocycles. The molecule has 6 aliphatic rings. The summed E-state index contributed by atoms with van der Waals surface area (Å²) in [6.07, 6.45) is 24.8. The molecule has 2 heterocycles. The van der Waals surface area contributed by atoms with Gasteiger partial charge >= 0.3 is 0 Å². The monoisotopic (exact) mass is 374 g/mol. The average molecular weight is 375 g/mol. The lowest BCUT2D eigenvalue weighted by molar-refractivity contribution is 0.117. The molecule has 0 aromatic rings. The highest BCUT2D eigenvalue weighted by Crippen LogP contribution is 2.48. The summed E-state index contributed by atoms with van der Waals surface area (Å²) in [5.74, 6) is 5.27. The zero-order valence-corrected chi connectivity index (χ0v) is 17.6. The van der Waals surface area contributed by atoms with Gasteiger partial charge in [0.2, 0.25) is 0 Å². The van der Waals surface area contributed by atoms with Gasteiger partial charge in [-0.3, -0.25) is 0 Å². The molecule has 5 unspecified atom stereocenters. The molecule has 0 aromatic carbocycles. The lowest BCUT2D eigenvalue weighted by Crippen LogP contribution is -2.29. The molecule has 2 heteroatoms. The van der Waals surface area contributed by atoms with E-state index in [-0.39, 0.29) is 0 Å². The molecular weight excluding hydrogens is 332 g/mol. The number of hydrogen-bond donors (Lipinski definition) is 0. The van der Waals surface area contributed by atoms with Crippen molar-refractivity contribution >= 4 is 0 Å². The Balaban J connectivity index is 0.000000190. The predicted octanol–water partition coefficient (Wildman–Crippen LogP) is 6.51. The van der Waals surface area contributed by atoms with Crippen LogP contribution in [0.5, 0.6) is 0 Å². The van der Waals surface area contributed by atoms with Crippen LogP contribution in [-0.4, -0.2) is 24.4 Å². The van der Waals surface area contributed by atoms with Crippen LogP contribution in [-0.2, 0) is 9.47 Å². The second-order valence-electron chi connectivity index (χ2n) is 11.0. The maximum absolute atomic E-state index is 5.73. The Morgan fingerprint density at radius 3 is 1.44 bits per heavy atom. The minimum atomic E-state index is 0.686. The Morgan fingerprint density at radius 2 is 0.889 bits per heavy atom. The van der Waals surface area contributed by atoms with Gasteiger partial charge in [0.25, 0.3) is 0 Å². The largest absolute Gasteiger partial charge is 0.370 e. The van der Waals surface area contributed by atoms with Crippen molar-refractivity contribution in [3.8, 4) is 0 Å². The fourth-order valence-electron chi connectivity index (χ4n) is 7.09. The molecule has 0 spiro atoms. The Morgan fingerprint density at radius 1 is 0.444 bits per heavy atom. The Kier molecular flexibility index (Phi) is 5.85. The lowest BCUT2D eigenvalue weighted by atomic mass is 9.66. The molecule has 6 fully saturated rings. The van der Waals surface area contributed by atoms with E-state index in [0.717, 1.165) is 29.6 Å². The van der Waals surface area contributed by atoms with Gasteiger partial charge in [0, 0.05) is 0 Å². The third-order valence-corrected chi connectivity index (χ3v) is 9.17. The van der Waals surface area contributed by atoms with E-state index in [1.807, 2.05) is 0 Å². The summed E-state index contributed by atoms with van der Waals surface area (Å²) in [6, 6.07) is 0. The molecule has 4 aliphatic carbocycles. The van der Waals surface area contributed by atoms with Gasteiger partial charge in [-0.1, -0.05) is 32.6 Å². The third kappa shape index (κ3) is 4.74. The number of fused-ring (bicyclic) bond motifs is 2. The van der Waals surface area contributed by atoms with Crippen molar-refractivity contribution in [1.82, 2.24) is 0 Å². The van der Waals surface area contributed by atoms with Gasteiger partial charge in [0.15, 0.2) is 0 Å². The maximum Gasteiger partial charge on any atom is 0.0844 e. The fourth-order valence-corrected chi connectivity index (χ4v) is 7.09. The molecule has 0 amide bonds. The molecule has 0 bridgehead atoms. The molecule has 154 valence electrons. The first kappa shape index (κ1) is 18.9.